The van der Waals surface area contributed by atoms with E-state index in [0.717, 1.165) is 0 Å². The topological polar surface area (TPSA) is 27.1 Å². The van der Waals surface area contributed by atoms with Gasteiger partial charge in [-0.2, -0.15) is 0 Å². The molecule has 2 aliphatic rings. The van der Waals surface area contributed by atoms with Gasteiger partial charge in [0, 0.05) is 0 Å². The summed E-state index contributed by atoms with van der Waals surface area (Å²) in [5.74, 6) is 0.702. The lowest BCUT2D eigenvalue weighted by atomic mass is 9.81. The molecule has 1 aliphatic carbocycles. The molecule has 0 amide bonds. The summed E-state index contributed by atoms with van der Waals surface area (Å²) in [5, 5.41) is 6.08. The highest BCUT2D eigenvalue weighted by Gasteiger charge is 2.26. The Morgan fingerprint density at radius 3 is 1.94 bits per heavy atom. The van der Waals surface area contributed by atoms with Crippen molar-refractivity contribution in [2.75, 3.05) is 13.1 Å². The fourth-order valence-corrected chi connectivity index (χ4v) is 4.66. The maximum atomic E-state index is 6.08. The third kappa shape index (κ3) is 9.28. The van der Waals surface area contributed by atoms with Crippen molar-refractivity contribution in [1.29, 1.82) is 5.41 Å². The minimum atomic E-state index is 0.499. The summed E-state index contributed by atoms with van der Waals surface area (Å²) >= 11 is 0. The Labute approximate surface area is 199 Å². The Bertz CT molecular complexity index is 743. The Morgan fingerprint density at radius 2 is 1.56 bits per heavy atom. The number of nitrogens with zero attached hydrogens (tertiary/aromatic N) is 1. The number of likely N-dealkylation sites (tertiary alicyclic amines) is 1. The van der Waals surface area contributed by atoms with Gasteiger partial charge >= 0.3 is 0 Å². The van der Waals surface area contributed by atoms with Gasteiger partial charge in [-0.25, -0.2) is 0 Å². The van der Waals surface area contributed by atoms with Crippen molar-refractivity contribution >= 4 is 6.21 Å². The lowest BCUT2D eigenvalue weighted by molar-refractivity contribution is 0.246. The standard InChI is InChI=1S/C19H31N.C9H12.C2H5N/c1-15(2)17-9-11-18(12-10-17)19(16(3)4)20-13-7-5-6-8-14-20;1-7-5-4-6-8(2)9(7)3;1-2-3/h11,17,19H,1,3,5-10,12-14H2,2,4H3;4-6H,1-3H3;2-3H,1H3. The molecule has 3 rings (SSSR count). The molecule has 1 aliphatic heterocycles. The normalized spacial score (nSPS) is 19.7. The van der Waals surface area contributed by atoms with Crippen LogP contribution >= 0.6 is 0 Å². The molecule has 1 aromatic rings. The summed E-state index contributed by atoms with van der Waals surface area (Å²) in [4.78, 5) is 2.68. The Kier molecular flexibility index (Phi) is 13.2. The van der Waals surface area contributed by atoms with Crippen LogP contribution in [0.3, 0.4) is 0 Å². The molecule has 2 unspecified atom stereocenters. The van der Waals surface area contributed by atoms with E-state index in [9.17, 15) is 0 Å². The summed E-state index contributed by atoms with van der Waals surface area (Å²) in [6.45, 7) is 23.4. The molecule has 0 spiro atoms. The quantitative estimate of drug-likeness (QED) is 0.372. The van der Waals surface area contributed by atoms with E-state index in [1.165, 1.54) is 92.1 Å². The molecule has 178 valence electrons. The van der Waals surface area contributed by atoms with Gasteiger partial charge in [0.15, 0.2) is 0 Å². The summed E-state index contributed by atoms with van der Waals surface area (Å²) in [7, 11) is 0. The predicted molar refractivity (Wildman–Crippen MR) is 144 cm³/mol. The molecule has 2 nitrogen and oxygen atoms in total. The second-order valence-corrected chi connectivity index (χ2v) is 9.60. The second-order valence-electron chi connectivity index (χ2n) is 9.60. The van der Waals surface area contributed by atoms with Crippen LogP contribution in [0.1, 0.15) is 82.4 Å². The summed E-state index contributed by atoms with van der Waals surface area (Å²) in [6.07, 6.45) is 12.9. The van der Waals surface area contributed by atoms with Gasteiger partial charge in [-0.05, 0) is 116 Å². The zero-order valence-corrected chi connectivity index (χ0v) is 21.8. The molecule has 1 fully saturated rings. The van der Waals surface area contributed by atoms with Gasteiger partial charge < -0.3 is 5.41 Å². The van der Waals surface area contributed by atoms with Crippen molar-refractivity contribution in [1.82, 2.24) is 4.90 Å². The minimum absolute atomic E-state index is 0.499. The number of benzene rings is 1. The van der Waals surface area contributed by atoms with Gasteiger partial charge in [0.1, 0.15) is 0 Å². The van der Waals surface area contributed by atoms with Crippen molar-refractivity contribution in [3.8, 4) is 0 Å². The van der Waals surface area contributed by atoms with Crippen LogP contribution < -0.4 is 0 Å². The van der Waals surface area contributed by atoms with Crippen molar-refractivity contribution < 1.29 is 0 Å². The third-order valence-corrected chi connectivity index (χ3v) is 6.84. The van der Waals surface area contributed by atoms with Crippen LogP contribution in [0.15, 0.2) is 54.2 Å². The van der Waals surface area contributed by atoms with Crippen molar-refractivity contribution in [3.63, 3.8) is 0 Å². The molecule has 1 N–H and O–H groups in total. The highest BCUT2D eigenvalue weighted by molar-refractivity contribution is 5.48. The van der Waals surface area contributed by atoms with Gasteiger partial charge in [-0.3, -0.25) is 4.90 Å². The minimum Gasteiger partial charge on any atom is -0.313 e. The first-order chi connectivity index (χ1) is 15.2. The Balaban J connectivity index is 0.000000354. The lowest BCUT2D eigenvalue weighted by Gasteiger charge is -2.35. The molecule has 2 heteroatoms. The summed E-state index contributed by atoms with van der Waals surface area (Å²) < 4.78 is 0. The molecule has 1 saturated heterocycles. The van der Waals surface area contributed by atoms with E-state index in [4.69, 9.17) is 5.41 Å². The van der Waals surface area contributed by atoms with Crippen molar-refractivity contribution in [3.05, 3.63) is 70.8 Å². The van der Waals surface area contributed by atoms with Crippen LogP contribution in [0.25, 0.3) is 0 Å². The molecule has 0 aromatic heterocycles. The number of hydrogen-bond acceptors (Lipinski definition) is 2. The number of hydrogen-bond donors (Lipinski definition) is 1. The van der Waals surface area contributed by atoms with Gasteiger partial charge in [-0.1, -0.05) is 67.0 Å². The van der Waals surface area contributed by atoms with E-state index in [1.807, 2.05) is 0 Å². The average Bonchev–Trinajstić information content (AvgIpc) is 3.03. The van der Waals surface area contributed by atoms with Crippen molar-refractivity contribution in [2.45, 2.75) is 92.5 Å². The highest BCUT2D eigenvalue weighted by atomic mass is 15.2. The summed E-state index contributed by atoms with van der Waals surface area (Å²) in [5.41, 5.74) is 8.48. The molecule has 1 heterocycles. The highest BCUT2D eigenvalue weighted by Crippen LogP contribution is 2.33. The molecular weight excluding hydrogens is 388 g/mol. The third-order valence-electron chi connectivity index (χ3n) is 6.84. The average molecular weight is 437 g/mol. The van der Waals surface area contributed by atoms with Gasteiger partial charge in [-0.15, -0.1) is 0 Å². The number of nitrogens with one attached hydrogen (secondary N) is 1. The van der Waals surface area contributed by atoms with Crippen molar-refractivity contribution in [2.24, 2.45) is 5.92 Å². The van der Waals surface area contributed by atoms with Crippen LogP contribution in [0, 0.1) is 32.1 Å². The number of allylic oxidation sites excluding steroid dienone is 2. The Hall–Kier alpha value is -1.93. The van der Waals surface area contributed by atoms with E-state index in [0.29, 0.717) is 12.0 Å². The van der Waals surface area contributed by atoms with Crippen LogP contribution in [-0.4, -0.2) is 30.2 Å². The Morgan fingerprint density at radius 1 is 1.03 bits per heavy atom. The van der Waals surface area contributed by atoms with Crippen LogP contribution in [0.2, 0.25) is 0 Å². The second kappa shape index (κ2) is 15.0. The number of rotatable bonds is 4. The molecule has 2 atom stereocenters. The largest absolute Gasteiger partial charge is 0.313 e. The van der Waals surface area contributed by atoms with E-state index < -0.39 is 0 Å². The summed E-state index contributed by atoms with van der Waals surface area (Å²) in [6, 6.07) is 6.88. The smallest absolute Gasteiger partial charge is 0.0515 e. The van der Waals surface area contributed by atoms with E-state index in [-0.39, 0.29) is 0 Å². The lowest BCUT2D eigenvalue weighted by Crippen LogP contribution is -2.38. The molecule has 0 bridgehead atoms. The zero-order chi connectivity index (χ0) is 24.1. The van der Waals surface area contributed by atoms with Gasteiger partial charge in [0.2, 0.25) is 0 Å². The molecule has 1 aromatic carbocycles. The SMILES string of the molecule is C=C(C)C1CC=C(C(C(=C)C)N2CCCCCC2)CC1.CC=N.Cc1cccc(C)c1C. The van der Waals surface area contributed by atoms with E-state index in [1.54, 1.807) is 12.5 Å². The zero-order valence-electron chi connectivity index (χ0n) is 21.8. The maximum absolute atomic E-state index is 6.08. The van der Waals surface area contributed by atoms with Gasteiger partial charge in [0.25, 0.3) is 0 Å². The molecular formula is C30H48N2. The van der Waals surface area contributed by atoms with E-state index in [2.05, 4.69) is 77.0 Å². The first-order valence-electron chi connectivity index (χ1n) is 12.4. The molecule has 32 heavy (non-hydrogen) atoms. The maximum Gasteiger partial charge on any atom is 0.0515 e. The predicted octanol–water partition coefficient (Wildman–Crippen LogP) is 8.38. The van der Waals surface area contributed by atoms with Crippen LogP contribution in [0.4, 0.5) is 0 Å². The van der Waals surface area contributed by atoms with Crippen LogP contribution in [0.5, 0.6) is 0 Å². The van der Waals surface area contributed by atoms with E-state index >= 15 is 0 Å². The molecule has 0 saturated carbocycles. The van der Waals surface area contributed by atoms with Crippen LogP contribution in [-0.2, 0) is 0 Å². The van der Waals surface area contributed by atoms with Gasteiger partial charge in [0.05, 0.1) is 6.04 Å². The molecule has 0 radical (unpaired) electrons. The monoisotopic (exact) mass is 436 g/mol. The first-order valence-corrected chi connectivity index (χ1v) is 12.4. The first kappa shape index (κ1) is 28.1. The number of aryl methyl sites for hydroxylation is 2. The fraction of sp³-hybridized carbons (Fsp3) is 0.567. The fourth-order valence-electron chi connectivity index (χ4n) is 4.66.